The molecule has 1 aromatic carbocycles. The average molecular weight is 321 g/mol. The number of likely N-dealkylation sites (tertiary alicyclic amines) is 1. The average Bonchev–Trinajstić information content (AvgIpc) is 2.74. The van der Waals surface area contributed by atoms with E-state index in [4.69, 9.17) is 11.6 Å². The topological polar surface area (TPSA) is 20.3 Å². The Morgan fingerprint density at radius 1 is 1.53 bits per heavy atom. The van der Waals surface area contributed by atoms with Crippen molar-refractivity contribution in [2.45, 2.75) is 18.9 Å². The summed E-state index contributed by atoms with van der Waals surface area (Å²) in [6.07, 6.45) is 1.88. The molecule has 1 unspecified atom stereocenters. The van der Waals surface area contributed by atoms with Crippen LogP contribution in [0.5, 0.6) is 0 Å². The quantitative estimate of drug-likeness (QED) is 0.765. The fourth-order valence-corrected chi connectivity index (χ4v) is 2.89. The van der Waals surface area contributed by atoms with Crippen molar-refractivity contribution < 1.29 is 9.18 Å². The zero-order valence-corrected chi connectivity index (χ0v) is 11.5. The Morgan fingerprint density at radius 3 is 2.94 bits per heavy atom. The number of alkyl halides is 1. The Bertz CT molecular complexity index is 420. The monoisotopic (exact) mass is 319 g/mol. The lowest BCUT2D eigenvalue weighted by molar-refractivity contribution is 0.0748. The highest BCUT2D eigenvalue weighted by atomic mass is 79.9. The summed E-state index contributed by atoms with van der Waals surface area (Å²) in [6.45, 7) is 0.699. The maximum atomic E-state index is 13.2. The van der Waals surface area contributed by atoms with E-state index in [1.54, 1.807) is 11.0 Å². The van der Waals surface area contributed by atoms with Gasteiger partial charge in [-0.05, 0) is 31.0 Å². The van der Waals surface area contributed by atoms with Gasteiger partial charge in [-0.15, -0.1) is 11.6 Å². The fourth-order valence-electron chi connectivity index (χ4n) is 2.11. The molecule has 92 valence electrons. The molecule has 0 bridgehead atoms. The number of carbonyl (C=O) groups excluding carboxylic acids is 1. The van der Waals surface area contributed by atoms with E-state index < -0.39 is 5.82 Å². The van der Waals surface area contributed by atoms with E-state index in [1.807, 2.05) is 0 Å². The van der Waals surface area contributed by atoms with Crippen molar-refractivity contribution in [1.29, 1.82) is 0 Å². The van der Waals surface area contributed by atoms with Gasteiger partial charge in [-0.25, -0.2) is 4.39 Å². The van der Waals surface area contributed by atoms with Crippen molar-refractivity contribution in [3.8, 4) is 0 Å². The van der Waals surface area contributed by atoms with Crippen LogP contribution in [0.3, 0.4) is 0 Å². The second kappa shape index (κ2) is 5.36. The lowest BCUT2D eigenvalue weighted by atomic mass is 10.2. The molecule has 1 aromatic rings. The molecule has 1 saturated heterocycles. The number of nitrogens with zero attached hydrogens (tertiary/aromatic N) is 1. The number of benzene rings is 1. The smallest absolute Gasteiger partial charge is 0.254 e. The number of hydrogen-bond donors (Lipinski definition) is 0. The first-order valence-corrected chi connectivity index (χ1v) is 6.77. The van der Waals surface area contributed by atoms with Gasteiger partial charge in [0, 0.05) is 28.5 Å². The van der Waals surface area contributed by atoms with Crippen LogP contribution in [-0.4, -0.2) is 29.3 Å². The number of rotatable bonds is 2. The van der Waals surface area contributed by atoms with E-state index in [0.717, 1.165) is 12.8 Å². The lowest BCUT2D eigenvalue weighted by Crippen LogP contribution is -2.36. The molecule has 1 aliphatic heterocycles. The van der Waals surface area contributed by atoms with Gasteiger partial charge in [-0.2, -0.15) is 0 Å². The summed E-state index contributed by atoms with van der Waals surface area (Å²) in [6, 6.07) is 4.30. The van der Waals surface area contributed by atoms with Crippen molar-refractivity contribution in [3.05, 3.63) is 34.1 Å². The summed E-state index contributed by atoms with van der Waals surface area (Å²) < 4.78 is 13.8. The van der Waals surface area contributed by atoms with Crippen LogP contribution >= 0.6 is 27.5 Å². The number of hydrogen-bond acceptors (Lipinski definition) is 1. The van der Waals surface area contributed by atoms with E-state index in [0.29, 0.717) is 22.5 Å². The zero-order valence-electron chi connectivity index (χ0n) is 9.13. The lowest BCUT2D eigenvalue weighted by Gasteiger charge is -2.23. The number of carbonyl (C=O) groups is 1. The first-order chi connectivity index (χ1) is 8.11. The van der Waals surface area contributed by atoms with E-state index >= 15 is 0 Å². The fraction of sp³-hybridized carbons (Fsp3) is 0.417. The molecule has 17 heavy (non-hydrogen) atoms. The summed E-state index contributed by atoms with van der Waals surface area (Å²) in [5.74, 6) is -0.125. The molecular formula is C12H12BrClFNO. The molecule has 0 spiro atoms. The predicted octanol–water partition coefficient (Wildman–Crippen LogP) is 3.43. The molecule has 0 N–H and O–H groups in total. The molecule has 0 saturated carbocycles. The van der Waals surface area contributed by atoms with Gasteiger partial charge in [-0.3, -0.25) is 4.79 Å². The summed E-state index contributed by atoms with van der Waals surface area (Å²) in [7, 11) is 0. The highest BCUT2D eigenvalue weighted by molar-refractivity contribution is 9.10. The molecule has 1 amide bonds. The van der Waals surface area contributed by atoms with Crippen molar-refractivity contribution in [2.24, 2.45) is 0 Å². The first kappa shape index (κ1) is 12.8. The van der Waals surface area contributed by atoms with Gasteiger partial charge < -0.3 is 4.90 Å². The highest BCUT2D eigenvalue weighted by Gasteiger charge is 2.28. The summed E-state index contributed by atoms with van der Waals surface area (Å²) >= 11 is 9.00. The van der Waals surface area contributed by atoms with Crippen LogP contribution in [0.2, 0.25) is 0 Å². The van der Waals surface area contributed by atoms with Crippen LogP contribution in [0.25, 0.3) is 0 Å². The predicted molar refractivity (Wildman–Crippen MR) is 68.9 cm³/mol. The van der Waals surface area contributed by atoms with E-state index in [9.17, 15) is 9.18 Å². The molecule has 2 rings (SSSR count). The number of halogens is 3. The molecule has 1 heterocycles. The van der Waals surface area contributed by atoms with E-state index in [1.165, 1.54) is 12.1 Å². The zero-order chi connectivity index (χ0) is 12.4. The second-order valence-corrected chi connectivity index (χ2v) is 5.33. The van der Waals surface area contributed by atoms with Gasteiger partial charge in [0.2, 0.25) is 0 Å². The van der Waals surface area contributed by atoms with Crippen LogP contribution in [0, 0.1) is 5.82 Å². The normalized spacial score (nSPS) is 19.7. The molecule has 1 fully saturated rings. The SMILES string of the molecule is O=C(c1cc(F)cc(Br)c1)N1CCCC1CCl. The van der Waals surface area contributed by atoms with Crippen molar-refractivity contribution >= 4 is 33.4 Å². The molecule has 5 heteroatoms. The van der Waals surface area contributed by atoms with E-state index in [2.05, 4.69) is 15.9 Å². The molecule has 0 aromatic heterocycles. The minimum absolute atomic E-state index is 0.0752. The van der Waals surface area contributed by atoms with Gasteiger partial charge in [0.25, 0.3) is 5.91 Å². The second-order valence-electron chi connectivity index (χ2n) is 4.11. The summed E-state index contributed by atoms with van der Waals surface area (Å²) in [5.41, 5.74) is 0.369. The molecule has 2 nitrogen and oxygen atoms in total. The van der Waals surface area contributed by atoms with Crippen LogP contribution in [0.4, 0.5) is 4.39 Å². The molecular weight excluding hydrogens is 308 g/mol. The Balaban J connectivity index is 2.24. The van der Waals surface area contributed by atoms with E-state index in [-0.39, 0.29) is 11.9 Å². The molecule has 1 atom stereocenters. The van der Waals surface area contributed by atoms with Crippen LogP contribution in [0.1, 0.15) is 23.2 Å². The summed E-state index contributed by atoms with van der Waals surface area (Å²) in [5, 5.41) is 0. The Morgan fingerprint density at radius 2 is 2.29 bits per heavy atom. The highest BCUT2D eigenvalue weighted by Crippen LogP contribution is 2.23. The van der Waals surface area contributed by atoms with Gasteiger partial charge in [0.05, 0.1) is 0 Å². The summed E-state index contributed by atoms with van der Waals surface area (Å²) in [4.78, 5) is 13.9. The van der Waals surface area contributed by atoms with Crippen molar-refractivity contribution in [3.63, 3.8) is 0 Å². The maximum absolute atomic E-state index is 13.2. The van der Waals surface area contributed by atoms with Crippen LogP contribution in [-0.2, 0) is 0 Å². The van der Waals surface area contributed by atoms with Gasteiger partial charge in [0.15, 0.2) is 0 Å². The Labute approximate surface area is 113 Å². The van der Waals surface area contributed by atoms with Crippen molar-refractivity contribution in [2.75, 3.05) is 12.4 Å². The Hall–Kier alpha value is -0.610. The minimum atomic E-state index is -0.413. The van der Waals surface area contributed by atoms with Gasteiger partial charge in [0.1, 0.15) is 5.82 Å². The molecule has 1 aliphatic rings. The van der Waals surface area contributed by atoms with Crippen molar-refractivity contribution in [1.82, 2.24) is 4.90 Å². The van der Waals surface area contributed by atoms with Crippen LogP contribution in [0.15, 0.2) is 22.7 Å². The maximum Gasteiger partial charge on any atom is 0.254 e. The molecule has 0 aliphatic carbocycles. The number of amides is 1. The standard InChI is InChI=1S/C12H12BrClFNO/c13-9-4-8(5-10(15)6-9)12(17)16-3-1-2-11(16)7-14/h4-6,11H,1-3,7H2. The van der Waals surface area contributed by atoms with Crippen LogP contribution < -0.4 is 0 Å². The third kappa shape index (κ3) is 2.80. The Kier molecular flexibility index (Phi) is 4.05. The largest absolute Gasteiger partial charge is 0.334 e. The minimum Gasteiger partial charge on any atom is -0.334 e. The molecule has 0 radical (unpaired) electrons. The third-order valence-corrected chi connectivity index (χ3v) is 3.74. The van der Waals surface area contributed by atoms with Gasteiger partial charge in [-0.1, -0.05) is 15.9 Å². The first-order valence-electron chi connectivity index (χ1n) is 5.45. The third-order valence-electron chi connectivity index (χ3n) is 2.93. The van der Waals surface area contributed by atoms with Gasteiger partial charge >= 0.3 is 0 Å².